The third kappa shape index (κ3) is 3.86. The Morgan fingerprint density at radius 2 is 1.71 bits per heavy atom. The fourth-order valence-electron chi connectivity index (χ4n) is 2.09. The number of ether oxygens (including phenoxy) is 1. The van der Waals surface area contributed by atoms with Crippen molar-refractivity contribution in [2.24, 2.45) is 0 Å². The van der Waals surface area contributed by atoms with E-state index in [2.05, 4.69) is 22.1 Å². The van der Waals surface area contributed by atoms with Crippen molar-refractivity contribution in [2.45, 2.75) is 6.42 Å². The highest BCUT2D eigenvalue weighted by Crippen LogP contribution is 2.28. The Hall–Kier alpha value is -2.26. The van der Waals surface area contributed by atoms with Crippen LogP contribution in [-0.4, -0.2) is 6.54 Å². The lowest BCUT2D eigenvalue weighted by molar-refractivity contribution is 0.484. The molecule has 3 aromatic rings. The van der Waals surface area contributed by atoms with Crippen LogP contribution in [0.1, 0.15) is 5.56 Å². The average molecular weight is 295 g/mol. The van der Waals surface area contributed by atoms with Crippen LogP contribution in [0.4, 0.5) is 5.69 Å². The Morgan fingerprint density at radius 3 is 2.52 bits per heavy atom. The van der Waals surface area contributed by atoms with Gasteiger partial charge in [0.2, 0.25) is 0 Å². The van der Waals surface area contributed by atoms with Gasteiger partial charge in [-0.05, 0) is 53.1 Å². The molecule has 0 bridgehead atoms. The molecule has 0 fully saturated rings. The SMILES string of the molecule is c1ccc(Oc2ccccc2NCCc2ccsc2)cc1. The quantitative estimate of drug-likeness (QED) is 0.675. The molecule has 0 atom stereocenters. The highest BCUT2D eigenvalue weighted by molar-refractivity contribution is 7.07. The molecule has 1 N–H and O–H groups in total. The van der Waals surface area contributed by atoms with E-state index in [1.165, 1.54) is 5.56 Å². The van der Waals surface area contributed by atoms with Crippen LogP contribution in [-0.2, 0) is 6.42 Å². The Labute approximate surface area is 129 Å². The van der Waals surface area contributed by atoms with E-state index >= 15 is 0 Å². The molecule has 3 heteroatoms. The average Bonchev–Trinajstić information content (AvgIpc) is 3.03. The van der Waals surface area contributed by atoms with Gasteiger partial charge in [-0.3, -0.25) is 0 Å². The molecule has 0 saturated heterocycles. The summed E-state index contributed by atoms with van der Waals surface area (Å²) in [6.45, 7) is 0.895. The Balaban J connectivity index is 1.65. The molecule has 106 valence electrons. The summed E-state index contributed by atoms with van der Waals surface area (Å²) in [5.74, 6) is 1.71. The minimum Gasteiger partial charge on any atom is -0.455 e. The van der Waals surface area contributed by atoms with Crippen molar-refractivity contribution < 1.29 is 4.74 Å². The highest BCUT2D eigenvalue weighted by atomic mass is 32.1. The summed E-state index contributed by atoms with van der Waals surface area (Å²) in [4.78, 5) is 0. The Morgan fingerprint density at radius 1 is 0.905 bits per heavy atom. The van der Waals surface area contributed by atoms with E-state index in [0.717, 1.165) is 30.2 Å². The number of para-hydroxylation sites is 3. The summed E-state index contributed by atoms with van der Waals surface area (Å²) < 4.78 is 5.94. The summed E-state index contributed by atoms with van der Waals surface area (Å²) >= 11 is 1.74. The molecule has 21 heavy (non-hydrogen) atoms. The molecule has 0 aliphatic heterocycles. The molecule has 2 nitrogen and oxygen atoms in total. The van der Waals surface area contributed by atoms with E-state index in [1.54, 1.807) is 11.3 Å². The van der Waals surface area contributed by atoms with Gasteiger partial charge in [-0.2, -0.15) is 11.3 Å². The van der Waals surface area contributed by atoms with Gasteiger partial charge < -0.3 is 10.1 Å². The van der Waals surface area contributed by atoms with Crippen molar-refractivity contribution in [1.82, 2.24) is 0 Å². The van der Waals surface area contributed by atoms with Gasteiger partial charge in [0, 0.05) is 6.54 Å². The van der Waals surface area contributed by atoms with Crippen molar-refractivity contribution in [2.75, 3.05) is 11.9 Å². The highest BCUT2D eigenvalue weighted by Gasteiger charge is 2.03. The monoisotopic (exact) mass is 295 g/mol. The third-order valence-corrected chi connectivity index (χ3v) is 3.90. The predicted octanol–water partition coefficient (Wildman–Crippen LogP) is 5.20. The van der Waals surface area contributed by atoms with Crippen molar-refractivity contribution in [1.29, 1.82) is 0 Å². The summed E-state index contributed by atoms with van der Waals surface area (Å²) in [7, 11) is 0. The largest absolute Gasteiger partial charge is 0.455 e. The van der Waals surface area contributed by atoms with Gasteiger partial charge in [-0.25, -0.2) is 0 Å². The normalized spacial score (nSPS) is 10.3. The van der Waals surface area contributed by atoms with Crippen LogP contribution >= 0.6 is 11.3 Å². The van der Waals surface area contributed by atoms with E-state index in [4.69, 9.17) is 4.74 Å². The van der Waals surface area contributed by atoms with Crippen LogP contribution in [0.2, 0.25) is 0 Å². The summed E-state index contributed by atoms with van der Waals surface area (Å²) in [6, 6.07) is 20.1. The van der Waals surface area contributed by atoms with E-state index < -0.39 is 0 Å². The molecule has 0 amide bonds. The van der Waals surface area contributed by atoms with Crippen molar-refractivity contribution in [3.63, 3.8) is 0 Å². The standard InChI is InChI=1S/C18H17NOS/c1-2-6-16(7-3-1)20-18-9-5-4-8-17(18)19-12-10-15-11-13-21-14-15/h1-9,11,13-14,19H,10,12H2. The zero-order valence-electron chi connectivity index (χ0n) is 11.7. The second kappa shape index (κ2) is 6.95. The number of benzene rings is 2. The number of hydrogen-bond acceptors (Lipinski definition) is 3. The lowest BCUT2D eigenvalue weighted by Gasteiger charge is -2.12. The number of nitrogens with one attached hydrogen (secondary N) is 1. The molecule has 1 heterocycles. The van der Waals surface area contributed by atoms with E-state index in [9.17, 15) is 0 Å². The lowest BCUT2D eigenvalue weighted by Crippen LogP contribution is -2.05. The topological polar surface area (TPSA) is 21.3 Å². The Kier molecular flexibility index (Phi) is 4.54. The molecule has 0 saturated carbocycles. The summed E-state index contributed by atoms with van der Waals surface area (Å²) in [6.07, 6.45) is 1.02. The minimum atomic E-state index is 0.851. The van der Waals surface area contributed by atoms with Crippen molar-refractivity contribution in [3.05, 3.63) is 77.0 Å². The maximum absolute atomic E-state index is 5.94. The van der Waals surface area contributed by atoms with Crippen molar-refractivity contribution >= 4 is 17.0 Å². The summed E-state index contributed by atoms with van der Waals surface area (Å²) in [5, 5.41) is 7.75. The van der Waals surface area contributed by atoms with Crippen LogP contribution in [0.25, 0.3) is 0 Å². The van der Waals surface area contributed by atoms with Gasteiger partial charge in [-0.15, -0.1) is 0 Å². The van der Waals surface area contributed by atoms with Gasteiger partial charge in [0.15, 0.2) is 5.75 Å². The second-order valence-electron chi connectivity index (χ2n) is 4.72. The molecular weight excluding hydrogens is 278 g/mol. The number of rotatable bonds is 6. The van der Waals surface area contributed by atoms with Crippen molar-refractivity contribution in [3.8, 4) is 11.5 Å². The maximum Gasteiger partial charge on any atom is 0.150 e. The zero-order valence-corrected chi connectivity index (χ0v) is 12.5. The first-order chi connectivity index (χ1) is 10.4. The fourth-order valence-corrected chi connectivity index (χ4v) is 2.80. The molecule has 0 unspecified atom stereocenters. The van der Waals surface area contributed by atoms with E-state index in [-0.39, 0.29) is 0 Å². The maximum atomic E-state index is 5.94. The molecule has 2 aromatic carbocycles. The zero-order chi connectivity index (χ0) is 14.3. The van der Waals surface area contributed by atoms with Crippen LogP contribution in [0.15, 0.2) is 71.4 Å². The number of thiophene rings is 1. The molecule has 0 aliphatic carbocycles. The molecule has 3 rings (SSSR count). The number of anilines is 1. The molecule has 1 aromatic heterocycles. The van der Waals surface area contributed by atoms with E-state index in [1.807, 2.05) is 54.6 Å². The van der Waals surface area contributed by atoms with Gasteiger partial charge >= 0.3 is 0 Å². The van der Waals surface area contributed by atoms with Crippen LogP contribution in [0.5, 0.6) is 11.5 Å². The first-order valence-corrected chi connectivity index (χ1v) is 7.93. The molecule has 0 spiro atoms. The molecular formula is C18H17NOS. The van der Waals surface area contributed by atoms with Crippen LogP contribution in [0.3, 0.4) is 0 Å². The van der Waals surface area contributed by atoms with Gasteiger partial charge in [0.1, 0.15) is 5.75 Å². The fraction of sp³-hybridized carbons (Fsp3) is 0.111. The Bertz CT molecular complexity index is 665. The first kappa shape index (κ1) is 13.7. The lowest BCUT2D eigenvalue weighted by atomic mass is 10.2. The second-order valence-corrected chi connectivity index (χ2v) is 5.50. The molecule has 0 aliphatic rings. The third-order valence-electron chi connectivity index (χ3n) is 3.17. The first-order valence-electron chi connectivity index (χ1n) is 6.99. The molecule has 0 radical (unpaired) electrons. The van der Waals surface area contributed by atoms with Crippen LogP contribution in [0, 0.1) is 0 Å². The predicted molar refractivity (Wildman–Crippen MR) is 89.5 cm³/mol. The smallest absolute Gasteiger partial charge is 0.150 e. The van der Waals surface area contributed by atoms with Gasteiger partial charge in [-0.1, -0.05) is 30.3 Å². The minimum absolute atomic E-state index is 0.851. The van der Waals surface area contributed by atoms with E-state index in [0.29, 0.717) is 0 Å². The van der Waals surface area contributed by atoms with Gasteiger partial charge in [0.05, 0.1) is 5.69 Å². The van der Waals surface area contributed by atoms with Gasteiger partial charge in [0.25, 0.3) is 0 Å². The summed E-state index contributed by atoms with van der Waals surface area (Å²) in [5.41, 5.74) is 2.39. The van der Waals surface area contributed by atoms with Crippen LogP contribution < -0.4 is 10.1 Å². The number of hydrogen-bond donors (Lipinski definition) is 1.